The molecule has 0 saturated heterocycles. The Balaban J connectivity index is 0.00000131. The van der Waals surface area contributed by atoms with Gasteiger partial charge in [0, 0.05) is 26.2 Å². The summed E-state index contributed by atoms with van der Waals surface area (Å²) in [5.41, 5.74) is 13.6. The van der Waals surface area contributed by atoms with Crippen molar-refractivity contribution in [3.05, 3.63) is 102 Å². The summed E-state index contributed by atoms with van der Waals surface area (Å²) in [6.07, 6.45) is -4.43. The second-order valence-electron chi connectivity index (χ2n) is 11.3. The van der Waals surface area contributed by atoms with Gasteiger partial charge in [-0.05, 0) is 41.7 Å². The standard InChI is InChI=1S/C34H45N7O6.C2HF3O2/c35-17-20-46-22-23-47-21-19-38-34(45)41-33(36)37-18-7-12-29(31(43)39-24-25-13-15-28(42)16-14-25)40-32(44)30(26-8-3-1-4-9-26)27-10-5-2-6-11-27;3-2(4,5)1(6)7/h1-6,8-11,13-16,29-30,42H,7,12,17-24,35H2,(H,39,43)(H,40,44)(H4,36,37,38,41,45);(H,6,7)/t29-;/m1./s1. The molecule has 0 aliphatic heterocycles. The van der Waals surface area contributed by atoms with E-state index in [0.29, 0.717) is 39.4 Å². The van der Waals surface area contributed by atoms with Gasteiger partial charge in [-0.15, -0.1) is 0 Å². The first-order valence-electron chi connectivity index (χ1n) is 16.8. The Morgan fingerprint density at radius 1 is 0.796 bits per heavy atom. The number of phenols is 1. The number of hydrogen-bond acceptors (Lipinski definition) is 9. The highest BCUT2D eigenvalue weighted by atomic mass is 19.4. The Morgan fingerprint density at radius 3 is 1.89 bits per heavy atom. The van der Waals surface area contributed by atoms with E-state index in [-0.39, 0.29) is 49.6 Å². The number of phenolic OH excluding ortho intramolecular Hbond substituents is 1. The first kappa shape index (κ1) is 44.4. The fraction of sp³-hybridized carbons (Fsp3) is 0.361. The molecule has 0 saturated carbocycles. The van der Waals surface area contributed by atoms with Crippen LogP contribution in [-0.4, -0.2) is 98.3 Å². The van der Waals surface area contributed by atoms with E-state index in [4.69, 9.17) is 30.8 Å². The number of aliphatic carboxylic acids is 1. The number of carbonyl (C=O) groups is 4. The van der Waals surface area contributed by atoms with Gasteiger partial charge >= 0.3 is 18.2 Å². The molecule has 10 N–H and O–H groups in total. The van der Waals surface area contributed by atoms with Crippen molar-refractivity contribution in [3.8, 4) is 5.75 Å². The smallest absolute Gasteiger partial charge is 0.490 e. The number of ether oxygens (including phenoxy) is 2. The molecular formula is C36H46F3N7O8. The van der Waals surface area contributed by atoms with Crippen LogP contribution in [0.3, 0.4) is 0 Å². The number of nitrogens with two attached hydrogens (primary N) is 2. The highest BCUT2D eigenvalue weighted by molar-refractivity contribution is 5.95. The normalized spacial score (nSPS) is 11.8. The third kappa shape index (κ3) is 18.2. The first-order valence-corrected chi connectivity index (χ1v) is 16.8. The highest BCUT2D eigenvalue weighted by Crippen LogP contribution is 2.25. The van der Waals surface area contributed by atoms with Crippen LogP contribution in [0.4, 0.5) is 18.0 Å². The van der Waals surface area contributed by atoms with E-state index in [1.54, 1.807) is 12.1 Å². The molecular weight excluding hydrogens is 715 g/mol. The highest BCUT2D eigenvalue weighted by Gasteiger charge is 2.38. The Labute approximate surface area is 310 Å². The Kier molecular flexibility index (Phi) is 20.2. The molecule has 18 heteroatoms. The van der Waals surface area contributed by atoms with Crippen LogP contribution >= 0.6 is 0 Å². The summed E-state index contributed by atoms with van der Waals surface area (Å²) in [7, 11) is 0. The van der Waals surface area contributed by atoms with Crippen molar-refractivity contribution in [1.82, 2.24) is 21.3 Å². The lowest BCUT2D eigenvalue weighted by atomic mass is 9.90. The third-order valence-corrected chi connectivity index (χ3v) is 7.15. The number of nitrogens with zero attached hydrogens (tertiary/aromatic N) is 1. The van der Waals surface area contributed by atoms with E-state index >= 15 is 0 Å². The summed E-state index contributed by atoms with van der Waals surface area (Å²) in [5.74, 6) is -4.03. The number of amides is 4. The molecule has 0 unspecified atom stereocenters. The minimum atomic E-state index is -5.08. The predicted octanol–water partition coefficient (Wildman–Crippen LogP) is 2.34. The molecule has 0 spiro atoms. The van der Waals surface area contributed by atoms with Crippen LogP contribution in [0.25, 0.3) is 0 Å². The minimum Gasteiger partial charge on any atom is -0.508 e. The van der Waals surface area contributed by atoms with Crippen LogP contribution in [0, 0.1) is 0 Å². The monoisotopic (exact) mass is 761 g/mol. The molecule has 1 atom stereocenters. The second-order valence-corrected chi connectivity index (χ2v) is 11.3. The number of carboxylic acids is 1. The van der Waals surface area contributed by atoms with Crippen molar-refractivity contribution in [1.29, 1.82) is 0 Å². The van der Waals surface area contributed by atoms with Gasteiger partial charge in [-0.2, -0.15) is 13.2 Å². The predicted molar refractivity (Wildman–Crippen MR) is 193 cm³/mol. The topological polar surface area (TPSA) is 240 Å². The number of carbonyl (C=O) groups excluding carboxylic acids is 3. The number of guanidine groups is 1. The van der Waals surface area contributed by atoms with Gasteiger partial charge < -0.3 is 47.1 Å². The molecule has 0 bridgehead atoms. The fourth-order valence-corrected chi connectivity index (χ4v) is 4.57. The summed E-state index contributed by atoms with van der Waals surface area (Å²) in [6, 6.07) is 23.8. The molecule has 0 fully saturated rings. The maximum atomic E-state index is 13.8. The lowest BCUT2D eigenvalue weighted by Crippen LogP contribution is -2.48. The molecule has 15 nitrogen and oxygen atoms in total. The molecule has 3 rings (SSSR count). The van der Waals surface area contributed by atoms with Crippen molar-refractivity contribution >= 4 is 29.8 Å². The number of urea groups is 1. The van der Waals surface area contributed by atoms with Gasteiger partial charge in [-0.3, -0.25) is 19.9 Å². The molecule has 0 radical (unpaired) electrons. The number of aliphatic imine (C=N–C) groups is 1. The van der Waals surface area contributed by atoms with Crippen molar-refractivity contribution < 1.29 is 52.0 Å². The maximum Gasteiger partial charge on any atom is 0.490 e. The minimum absolute atomic E-state index is 0.0795. The zero-order valence-electron chi connectivity index (χ0n) is 29.4. The number of nitrogens with one attached hydrogen (secondary N) is 4. The lowest BCUT2D eigenvalue weighted by Gasteiger charge is -2.23. The SMILES string of the molecule is NCCOCCOCCNC(=O)NC(N)=NCCC[C@@H](NC(=O)C(c1ccccc1)c1ccccc1)C(=O)NCc1ccc(O)cc1.O=C(O)C(F)(F)F. The van der Waals surface area contributed by atoms with Crippen molar-refractivity contribution in [2.45, 2.75) is 37.5 Å². The van der Waals surface area contributed by atoms with Gasteiger partial charge in [0.2, 0.25) is 11.8 Å². The number of hydrogen-bond donors (Lipinski definition) is 8. The molecule has 3 aromatic rings. The number of carboxylic acid groups (broad SMARTS) is 1. The number of benzene rings is 3. The van der Waals surface area contributed by atoms with E-state index in [2.05, 4.69) is 26.3 Å². The van der Waals surface area contributed by atoms with Crippen LogP contribution in [-0.2, 0) is 30.4 Å². The van der Waals surface area contributed by atoms with Gasteiger partial charge in [0.1, 0.15) is 11.8 Å². The van der Waals surface area contributed by atoms with Gasteiger partial charge in [0.15, 0.2) is 5.96 Å². The maximum absolute atomic E-state index is 13.8. The third-order valence-electron chi connectivity index (χ3n) is 7.15. The van der Waals surface area contributed by atoms with Gasteiger partial charge in [-0.1, -0.05) is 72.8 Å². The number of aromatic hydroxyl groups is 1. The summed E-state index contributed by atoms with van der Waals surface area (Å²) >= 11 is 0. The molecule has 54 heavy (non-hydrogen) atoms. The summed E-state index contributed by atoms with van der Waals surface area (Å²) < 4.78 is 42.3. The van der Waals surface area contributed by atoms with Crippen molar-refractivity contribution in [2.24, 2.45) is 16.5 Å². The molecule has 0 aromatic heterocycles. The van der Waals surface area contributed by atoms with E-state index in [1.807, 2.05) is 60.7 Å². The van der Waals surface area contributed by atoms with Crippen LogP contribution < -0.4 is 32.7 Å². The zero-order valence-corrected chi connectivity index (χ0v) is 29.4. The first-order chi connectivity index (χ1) is 25.8. The van der Waals surface area contributed by atoms with E-state index in [1.165, 1.54) is 12.1 Å². The number of rotatable bonds is 19. The van der Waals surface area contributed by atoms with Crippen LogP contribution in [0.2, 0.25) is 0 Å². The molecule has 3 aromatic carbocycles. The van der Waals surface area contributed by atoms with Gasteiger partial charge in [0.25, 0.3) is 0 Å². The summed E-state index contributed by atoms with van der Waals surface area (Å²) in [4.78, 5) is 52.3. The Morgan fingerprint density at radius 2 is 1.35 bits per heavy atom. The van der Waals surface area contributed by atoms with Gasteiger partial charge in [-0.25, -0.2) is 9.59 Å². The van der Waals surface area contributed by atoms with Crippen LogP contribution in [0.15, 0.2) is 89.9 Å². The lowest BCUT2D eigenvalue weighted by molar-refractivity contribution is -0.192. The fourth-order valence-electron chi connectivity index (χ4n) is 4.57. The molecule has 294 valence electrons. The van der Waals surface area contributed by atoms with E-state index in [9.17, 15) is 32.7 Å². The van der Waals surface area contributed by atoms with Gasteiger partial charge in [0.05, 0.1) is 32.3 Å². The average molecular weight is 762 g/mol. The Hall–Kier alpha value is -5.72. The molecule has 0 aliphatic rings. The number of halogens is 3. The van der Waals surface area contributed by atoms with E-state index in [0.717, 1.165) is 16.7 Å². The van der Waals surface area contributed by atoms with Crippen molar-refractivity contribution in [3.63, 3.8) is 0 Å². The zero-order chi connectivity index (χ0) is 39.8. The van der Waals surface area contributed by atoms with E-state index < -0.39 is 30.1 Å². The summed E-state index contributed by atoms with van der Waals surface area (Å²) in [6.45, 7) is 2.71. The quantitative estimate of drug-likeness (QED) is 0.0504. The second kappa shape index (κ2) is 24.5. The molecule has 0 heterocycles. The largest absolute Gasteiger partial charge is 0.508 e. The average Bonchev–Trinajstić information content (AvgIpc) is 3.14. The molecule has 0 aliphatic carbocycles. The number of alkyl halides is 3. The van der Waals surface area contributed by atoms with Crippen molar-refractivity contribution in [2.75, 3.05) is 46.1 Å². The van der Waals surface area contributed by atoms with Crippen LogP contribution in [0.5, 0.6) is 5.75 Å². The van der Waals surface area contributed by atoms with Crippen LogP contribution in [0.1, 0.15) is 35.4 Å². The molecule has 4 amide bonds. The Bertz CT molecular complexity index is 1560. The summed E-state index contributed by atoms with van der Waals surface area (Å²) in [5, 5.41) is 27.6.